The highest BCUT2D eigenvalue weighted by Gasteiger charge is 2.29. The van der Waals surface area contributed by atoms with Gasteiger partial charge in [-0.1, -0.05) is 19.9 Å². The number of hydrogen-bond acceptors (Lipinski definition) is 3. The third-order valence-electron chi connectivity index (χ3n) is 2.44. The van der Waals surface area contributed by atoms with E-state index in [2.05, 4.69) is 10.3 Å². The Morgan fingerprint density at radius 3 is 2.47 bits per heavy atom. The Bertz CT molecular complexity index is 391. The van der Waals surface area contributed by atoms with Crippen LogP contribution in [0.1, 0.15) is 25.2 Å². The topological polar surface area (TPSA) is 28.2 Å². The van der Waals surface area contributed by atoms with Gasteiger partial charge in [0.25, 0.3) is 0 Å². The van der Waals surface area contributed by atoms with Gasteiger partial charge in [0.15, 0.2) is 0 Å². The summed E-state index contributed by atoms with van der Waals surface area (Å²) < 4.78 is 36.7. The predicted molar refractivity (Wildman–Crippen MR) is 68.6 cm³/mol. The van der Waals surface area contributed by atoms with Crippen molar-refractivity contribution in [3.05, 3.63) is 29.6 Å². The number of nitrogens with zero attached hydrogens (tertiary/aromatic N) is 2. The lowest BCUT2D eigenvalue weighted by Gasteiger charge is -2.18. The highest BCUT2D eigenvalue weighted by Crippen LogP contribution is 2.16. The highest BCUT2D eigenvalue weighted by molar-refractivity contribution is 5.11. The molecule has 0 aliphatic heterocycles. The van der Waals surface area contributed by atoms with Gasteiger partial charge in [-0.15, -0.1) is 0 Å². The van der Waals surface area contributed by atoms with Crippen LogP contribution in [0.3, 0.4) is 0 Å². The number of rotatable bonds is 6. The largest absolute Gasteiger partial charge is 0.401 e. The summed E-state index contributed by atoms with van der Waals surface area (Å²) in [6.07, 6.45) is -4.18. The molecule has 0 saturated carbocycles. The van der Waals surface area contributed by atoms with Crippen LogP contribution < -0.4 is 5.32 Å². The fourth-order valence-corrected chi connectivity index (χ4v) is 1.66. The van der Waals surface area contributed by atoms with E-state index in [-0.39, 0.29) is 6.54 Å². The van der Waals surface area contributed by atoms with Crippen molar-refractivity contribution in [2.75, 3.05) is 13.6 Å². The van der Waals surface area contributed by atoms with Crippen LogP contribution in [0.2, 0.25) is 0 Å². The van der Waals surface area contributed by atoms with Gasteiger partial charge in [0.2, 0.25) is 0 Å². The highest BCUT2D eigenvalue weighted by atomic mass is 19.4. The molecule has 1 N–H and O–H groups in total. The molecule has 0 aromatic carbocycles. The minimum absolute atomic E-state index is 0.190. The van der Waals surface area contributed by atoms with Gasteiger partial charge in [0.05, 0.1) is 17.9 Å². The van der Waals surface area contributed by atoms with Crippen LogP contribution in [0.5, 0.6) is 0 Å². The average Bonchev–Trinajstić information content (AvgIpc) is 2.24. The third kappa shape index (κ3) is 7.12. The van der Waals surface area contributed by atoms with Crippen molar-refractivity contribution in [3.8, 4) is 0 Å². The summed E-state index contributed by atoms with van der Waals surface area (Å²) in [5.41, 5.74) is 1.49. The molecule has 0 aliphatic carbocycles. The number of aromatic nitrogens is 1. The van der Waals surface area contributed by atoms with E-state index in [4.69, 9.17) is 0 Å². The molecule has 0 aliphatic rings. The zero-order valence-electron chi connectivity index (χ0n) is 11.5. The third-order valence-corrected chi connectivity index (χ3v) is 2.44. The molecule has 1 aromatic rings. The first-order valence-electron chi connectivity index (χ1n) is 6.20. The first kappa shape index (κ1) is 15.9. The van der Waals surface area contributed by atoms with Crippen LogP contribution in [0.15, 0.2) is 18.2 Å². The van der Waals surface area contributed by atoms with E-state index in [9.17, 15) is 13.2 Å². The summed E-state index contributed by atoms with van der Waals surface area (Å²) in [7, 11) is 1.44. The molecule has 1 aromatic heterocycles. The molecule has 108 valence electrons. The SMILES string of the molecule is CC(C)NCc1cccc(CN(C)CC(F)(F)F)n1. The second kappa shape index (κ2) is 6.86. The maximum atomic E-state index is 12.2. The van der Waals surface area contributed by atoms with Gasteiger partial charge in [-0.2, -0.15) is 13.2 Å². The molecule has 6 heteroatoms. The number of alkyl halides is 3. The van der Waals surface area contributed by atoms with Gasteiger partial charge in [0.1, 0.15) is 0 Å². The summed E-state index contributed by atoms with van der Waals surface area (Å²) in [4.78, 5) is 5.55. The molecule has 0 saturated heterocycles. The fraction of sp³-hybridized carbons (Fsp3) is 0.615. The van der Waals surface area contributed by atoms with E-state index in [1.54, 1.807) is 6.07 Å². The number of nitrogens with one attached hydrogen (secondary N) is 1. The van der Waals surface area contributed by atoms with E-state index in [1.807, 2.05) is 26.0 Å². The average molecular weight is 275 g/mol. The Labute approximate surface area is 111 Å². The van der Waals surface area contributed by atoms with E-state index in [0.717, 1.165) is 5.69 Å². The fourth-order valence-electron chi connectivity index (χ4n) is 1.66. The summed E-state index contributed by atoms with van der Waals surface area (Å²) in [6, 6.07) is 5.77. The minimum Gasteiger partial charge on any atom is -0.309 e. The van der Waals surface area contributed by atoms with Gasteiger partial charge in [-0.05, 0) is 19.2 Å². The first-order valence-corrected chi connectivity index (χ1v) is 6.20. The first-order chi connectivity index (χ1) is 8.76. The second-order valence-corrected chi connectivity index (χ2v) is 4.94. The maximum Gasteiger partial charge on any atom is 0.401 e. The van der Waals surface area contributed by atoms with E-state index in [1.165, 1.54) is 11.9 Å². The molecule has 0 spiro atoms. The molecule has 19 heavy (non-hydrogen) atoms. The standard InChI is InChI=1S/C13H20F3N3/c1-10(2)17-7-11-5-4-6-12(18-11)8-19(3)9-13(14,15)16/h4-6,10,17H,7-9H2,1-3H3. The summed E-state index contributed by atoms with van der Waals surface area (Å²) in [5, 5.41) is 3.22. The monoisotopic (exact) mass is 275 g/mol. The van der Waals surface area contributed by atoms with Crippen molar-refractivity contribution in [2.24, 2.45) is 0 Å². The zero-order chi connectivity index (χ0) is 14.5. The molecule has 0 fully saturated rings. The lowest BCUT2D eigenvalue weighted by Crippen LogP contribution is -2.31. The van der Waals surface area contributed by atoms with Crippen LogP contribution >= 0.6 is 0 Å². The molecular weight excluding hydrogens is 255 g/mol. The molecule has 1 heterocycles. The van der Waals surface area contributed by atoms with Gasteiger partial charge in [-0.3, -0.25) is 9.88 Å². The second-order valence-electron chi connectivity index (χ2n) is 4.94. The normalized spacial score (nSPS) is 12.4. The molecule has 0 radical (unpaired) electrons. The van der Waals surface area contributed by atoms with Crippen LogP contribution in [0.4, 0.5) is 13.2 Å². The zero-order valence-corrected chi connectivity index (χ0v) is 11.5. The van der Waals surface area contributed by atoms with Crippen molar-refractivity contribution in [1.82, 2.24) is 15.2 Å². The van der Waals surface area contributed by atoms with Crippen molar-refractivity contribution in [1.29, 1.82) is 0 Å². The van der Waals surface area contributed by atoms with Crippen LogP contribution in [0.25, 0.3) is 0 Å². The van der Waals surface area contributed by atoms with E-state index >= 15 is 0 Å². The Kier molecular flexibility index (Phi) is 5.75. The van der Waals surface area contributed by atoms with Crippen LogP contribution in [-0.2, 0) is 13.1 Å². The van der Waals surface area contributed by atoms with E-state index in [0.29, 0.717) is 18.3 Å². The summed E-state index contributed by atoms with van der Waals surface area (Å²) in [6.45, 7) is 3.94. The number of halogens is 3. The summed E-state index contributed by atoms with van der Waals surface area (Å²) in [5.74, 6) is 0. The lowest BCUT2D eigenvalue weighted by atomic mass is 10.2. The van der Waals surface area contributed by atoms with E-state index < -0.39 is 12.7 Å². The van der Waals surface area contributed by atoms with Gasteiger partial charge in [-0.25, -0.2) is 0 Å². The van der Waals surface area contributed by atoms with Crippen LogP contribution in [-0.4, -0.2) is 35.7 Å². The van der Waals surface area contributed by atoms with Gasteiger partial charge < -0.3 is 5.32 Å². The molecule has 0 unspecified atom stereocenters. The molecule has 0 bridgehead atoms. The quantitative estimate of drug-likeness (QED) is 0.865. The lowest BCUT2D eigenvalue weighted by molar-refractivity contribution is -0.144. The molecule has 3 nitrogen and oxygen atoms in total. The Morgan fingerprint density at radius 1 is 1.26 bits per heavy atom. The molecule has 0 amide bonds. The summed E-state index contributed by atoms with van der Waals surface area (Å²) >= 11 is 0. The number of pyridine rings is 1. The number of hydrogen-bond donors (Lipinski definition) is 1. The molecule has 1 rings (SSSR count). The van der Waals surface area contributed by atoms with Gasteiger partial charge in [0, 0.05) is 19.1 Å². The Morgan fingerprint density at radius 2 is 1.89 bits per heavy atom. The van der Waals surface area contributed by atoms with Crippen molar-refractivity contribution in [2.45, 2.75) is 39.2 Å². The van der Waals surface area contributed by atoms with Gasteiger partial charge >= 0.3 is 6.18 Å². The van der Waals surface area contributed by atoms with Crippen LogP contribution in [0, 0.1) is 0 Å². The Balaban J connectivity index is 2.56. The van der Waals surface area contributed by atoms with Crippen molar-refractivity contribution < 1.29 is 13.2 Å². The predicted octanol–water partition coefficient (Wildman–Crippen LogP) is 2.57. The maximum absolute atomic E-state index is 12.2. The molecule has 0 atom stereocenters. The Hall–Kier alpha value is -1.14. The molecular formula is C13H20F3N3. The van der Waals surface area contributed by atoms with Crippen molar-refractivity contribution >= 4 is 0 Å². The van der Waals surface area contributed by atoms with Crippen molar-refractivity contribution in [3.63, 3.8) is 0 Å². The smallest absolute Gasteiger partial charge is 0.309 e. The minimum atomic E-state index is -4.18.